The standard InChI is InChI=1S/C24H25ClF3N5O/c25-21-9-17(7-8-29-21)32-11-15-3-4-16(12-32)18(15)10-22-30-23-20(34-13-24(26,27)28)6-5-19(14-1-2-14)33(23)31-22/h5-9,14-16,18H,1-4,10-13H2/t15-,16+,18?. The lowest BCUT2D eigenvalue weighted by molar-refractivity contribution is -0.153. The zero-order chi connectivity index (χ0) is 23.4. The Morgan fingerprint density at radius 3 is 2.50 bits per heavy atom. The number of halogens is 4. The summed E-state index contributed by atoms with van der Waals surface area (Å²) < 4.78 is 45.1. The number of hydrogen-bond donors (Lipinski definition) is 0. The second-order valence-electron chi connectivity index (χ2n) is 9.77. The van der Waals surface area contributed by atoms with Crippen LogP contribution < -0.4 is 9.64 Å². The van der Waals surface area contributed by atoms with Crippen LogP contribution in [0.25, 0.3) is 5.65 Å². The first-order chi connectivity index (χ1) is 16.3. The van der Waals surface area contributed by atoms with Crippen molar-refractivity contribution >= 4 is 22.9 Å². The Morgan fingerprint density at radius 1 is 1.06 bits per heavy atom. The highest BCUT2D eigenvalue weighted by Crippen LogP contribution is 2.45. The number of nitrogens with zero attached hydrogens (tertiary/aromatic N) is 5. The van der Waals surface area contributed by atoms with E-state index in [1.807, 2.05) is 18.2 Å². The molecule has 0 spiro atoms. The van der Waals surface area contributed by atoms with Gasteiger partial charge in [0.15, 0.2) is 23.8 Å². The van der Waals surface area contributed by atoms with Crippen molar-refractivity contribution in [3.05, 3.63) is 47.1 Å². The Balaban J connectivity index is 1.24. The number of fused-ring (bicyclic) bond motifs is 3. The molecule has 2 saturated carbocycles. The van der Waals surface area contributed by atoms with Crippen LogP contribution in [0.2, 0.25) is 5.15 Å². The normalized spacial score (nSPS) is 24.7. The Bertz CT molecular complexity index is 1200. The zero-order valence-corrected chi connectivity index (χ0v) is 19.3. The Hall–Kier alpha value is -2.55. The molecule has 180 valence electrons. The minimum atomic E-state index is -4.40. The molecule has 1 saturated heterocycles. The van der Waals surface area contributed by atoms with E-state index in [0.29, 0.717) is 40.3 Å². The summed E-state index contributed by atoms with van der Waals surface area (Å²) in [6.07, 6.45) is 2.51. The Labute approximate surface area is 200 Å². The molecule has 3 aromatic heterocycles. The van der Waals surface area contributed by atoms with Crippen LogP contribution in [-0.4, -0.2) is 45.5 Å². The fraction of sp³-hybridized carbons (Fsp3) is 0.542. The predicted octanol–water partition coefficient (Wildman–Crippen LogP) is 5.30. The highest BCUT2D eigenvalue weighted by atomic mass is 35.5. The van der Waals surface area contributed by atoms with E-state index in [1.165, 1.54) is 0 Å². The number of piperidine rings is 1. The molecule has 0 N–H and O–H groups in total. The molecule has 6 nitrogen and oxygen atoms in total. The van der Waals surface area contributed by atoms with E-state index >= 15 is 0 Å². The second kappa shape index (κ2) is 8.29. The summed E-state index contributed by atoms with van der Waals surface area (Å²) in [7, 11) is 0. The Morgan fingerprint density at radius 2 is 1.82 bits per heavy atom. The van der Waals surface area contributed by atoms with Crippen molar-refractivity contribution in [2.75, 3.05) is 24.6 Å². The maximum Gasteiger partial charge on any atom is 0.422 e. The summed E-state index contributed by atoms with van der Waals surface area (Å²) in [5, 5.41) is 5.26. The van der Waals surface area contributed by atoms with Crippen LogP contribution in [0.15, 0.2) is 30.5 Å². The van der Waals surface area contributed by atoms with Gasteiger partial charge in [0, 0.05) is 43.0 Å². The fourth-order valence-corrected chi connectivity index (χ4v) is 5.89. The lowest BCUT2D eigenvalue weighted by atomic mass is 9.82. The SMILES string of the molecule is FC(F)(F)COc1ccc(C2CC2)n2nc(CC3[C@@H]4CC[C@H]3CN(c3ccnc(Cl)c3)C4)nc12. The highest BCUT2D eigenvalue weighted by Gasteiger charge is 2.42. The van der Waals surface area contributed by atoms with Crippen LogP contribution in [0.4, 0.5) is 18.9 Å². The average Bonchev–Trinajstić information content (AvgIpc) is 3.50. The Kier molecular flexibility index (Phi) is 5.35. The summed E-state index contributed by atoms with van der Waals surface area (Å²) in [5.41, 5.74) is 2.49. The van der Waals surface area contributed by atoms with E-state index < -0.39 is 12.8 Å². The number of alkyl halides is 3. The maximum atomic E-state index is 12.8. The molecule has 0 amide bonds. The quantitative estimate of drug-likeness (QED) is 0.438. The van der Waals surface area contributed by atoms with Crippen molar-refractivity contribution < 1.29 is 17.9 Å². The van der Waals surface area contributed by atoms with Crippen LogP contribution in [0, 0.1) is 17.8 Å². The third kappa shape index (κ3) is 4.30. The van der Waals surface area contributed by atoms with Crippen LogP contribution in [0.5, 0.6) is 5.75 Å². The molecular formula is C24H25ClF3N5O. The van der Waals surface area contributed by atoms with Gasteiger partial charge >= 0.3 is 6.18 Å². The van der Waals surface area contributed by atoms with Gasteiger partial charge in [-0.3, -0.25) is 0 Å². The summed E-state index contributed by atoms with van der Waals surface area (Å²) in [4.78, 5) is 11.2. The van der Waals surface area contributed by atoms with E-state index in [0.717, 1.165) is 56.6 Å². The van der Waals surface area contributed by atoms with E-state index in [-0.39, 0.29) is 5.75 Å². The number of rotatable bonds is 6. The van der Waals surface area contributed by atoms with Gasteiger partial charge in [0.2, 0.25) is 0 Å². The van der Waals surface area contributed by atoms with Crippen LogP contribution >= 0.6 is 11.6 Å². The van der Waals surface area contributed by atoms with Crippen molar-refractivity contribution in [2.45, 2.75) is 44.2 Å². The predicted molar refractivity (Wildman–Crippen MR) is 121 cm³/mol. The number of ether oxygens (including phenoxy) is 1. The summed E-state index contributed by atoms with van der Waals surface area (Å²) >= 11 is 6.10. The van der Waals surface area contributed by atoms with Gasteiger partial charge in [0.05, 0.1) is 0 Å². The van der Waals surface area contributed by atoms with Crippen LogP contribution in [0.1, 0.15) is 43.1 Å². The molecule has 0 aromatic carbocycles. The molecule has 34 heavy (non-hydrogen) atoms. The molecule has 10 heteroatoms. The lowest BCUT2D eigenvalue weighted by Crippen LogP contribution is -2.42. The summed E-state index contributed by atoms with van der Waals surface area (Å²) in [5.74, 6) is 2.69. The third-order valence-electron chi connectivity index (χ3n) is 7.43. The van der Waals surface area contributed by atoms with Crippen molar-refractivity contribution in [2.24, 2.45) is 17.8 Å². The maximum absolute atomic E-state index is 12.8. The van der Waals surface area contributed by atoms with Crippen molar-refractivity contribution in [1.29, 1.82) is 0 Å². The molecule has 3 atom stereocenters. The fourth-order valence-electron chi connectivity index (χ4n) is 5.73. The minimum absolute atomic E-state index is 0.132. The third-order valence-corrected chi connectivity index (χ3v) is 7.64. The monoisotopic (exact) mass is 491 g/mol. The van der Waals surface area contributed by atoms with Gasteiger partial charge in [-0.15, -0.1) is 0 Å². The van der Waals surface area contributed by atoms with Gasteiger partial charge in [0.1, 0.15) is 5.15 Å². The molecule has 2 bridgehead atoms. The molecule has 3 fully saturated rings. The topological polar surface area (TPSA) is 55.6 Å². The minimum Gasteiger partial charge on any atom is -0.480 e. The summed E-state index contributed by atoms with van der Waals surface area (Å²) in [6.45, 7) is 0.555. The van der Waals surface area contributed by atoms with Crippen molar-refractivity contribution in [3.8, 4) is 5.75 Å². The van der Waals surface area contributed by atoms with E-state index in [9.17, 15) is 13.2 Å². The first-order valence-electron chi connectivity index (χ1n) is 11.8. The van der Waals surface area contributed by atoms with Gasteiger partial charge < -0.3 is 9.64 Å². The molecule has 3 aliphatic rings. The zero-order valence-electron chi connectivity index (χ0n) is 18.5. The van der Waals surface area contributed by atoms with E-state index in [2.05, 4.69) is 14.9 Å². The highest BCUT2D eigenvalue weighted by molar-refractivity contribution is 6.29. The molecule has 1 aliphatic heterocycles. The first-order valence-corrected chi connectivity index (χ1v) is 12.2. The van der Waals surface area contributed by atoms with E-state index in [1.54, 1.807) is 16.8 Å². The summed E-state index contributed by atoms with van der Waals surface area (Å²) in [6, 6.07) is 7.34. The lowest BCUT2D eigenvalue weighted by Gasteiger charge is -2.39. The van der Waals surface area contributed by atoms with E-state index in [4.69, 9.17) is 21.4 Å². The number of anilines is 1. The van der Waals surface area contributed by atoms with Crippen LogP contribution in [0.3, 0.4) is 0 Å². The van der Waals surface area contributed by atoms with Gasteiger partial charge in [0.25, 0.3) is 0 Å². The first kappa shape index (κ1) is 21.9. The van der Waals surface area contributed by atoms with Gasteiger partial charge in [-0.1, -0.05) is 11.6 Å². The number of pyridine rings is 2. The number of hydrogen-bond acceptors (Lipinski definition) is 5. The molecule has 4 heterocycles. The van der Waals surface area contributed by atoms with Crippen LogP contribution in [-0.2, 0) is 6.42 Å². The average molecular weight is 492 g/mol. The van der Waals surface area contributed by atoms with Gasteiger partial charge in [-0.05, 0) is 67.7 Å². The molecule has 6 rings (SSSR count). The van der Waals surface area contributed by atoms with Gasteiger partial charge in [-0.2, -0.15) is 18.3 Å². The molecule has 0 radical (unpaired) electrons. The largest absolute Gasteiger partial charge is 0.480 e. The smallest absolute Gasteiger partial charge is 0.422 e. The van der Waals surface area contributed by atoms with Crippen molar-refractivity contribution in [1.82, 2.24) is 19.6 Å². The number of aromatic nitrogens is 4. The van der Waals surface area contributed by atoms with Crippen molar-refractivity contribution in [3.63, 3.8) is 0 Å². The molecule has 1 unspecified atom stereocenters. The van der Waals surface area contributed by atoms with Gasteiger partial charge in [-0.25, -0.2) is 14.5 Å². The molecule has 3 aromatic rings. The second-order valence-corrected chi connectivity index (χ2v) is 10.2. The molecular weight excluding hydrogens is 467 g/mol. The molecule has 2 aliphatic carbocycles.